The summed E-state index contributed by atoms with van der Waals surface area (Å²) in [7, 11) is 0. The average molecular weight is 248 g/mol. The van der Waals surface area contributed by atoms with Crippen molar-refractivity contribution in [3.05, 3.63) is 23.9 Å². The third-order valence-electron chi connectivity index (χ3n) is 2.72. The number of carbonyl (C=O) groups is 1. The lowest BCUT2D eigenvalue weighted by Crippen LogP contribution is -2.29. The van der Waals surface area contributed by atoms with Crippen LogP contribution in [0, 0.1) is 5.92 Å². The summed E-state index contributed by atoms with van der Waals surface area (Å²) in [6.07, 6.45) is 0. The Labute approximate surface area is 104 Å². The zero-order valence-electron chi connectivity index (χ0n) is 10.1. The largest absolute Gasteiger partial charge is 0.399 e. The number of aromatic amines is 1. The van der Waals surface area contributed by atoms with Crippen LogP contribution in [0.3, 0.4) is 0 Å². The Morgan fingerprint density at radius 2 is 2.39 bits per heavy atom. The second-order valence-corrected chi connectivity index (χ2v) is 4.38. The molecule has 0 aliphatic carbocycles. The molecular weight excluding hydrogens is 232 g/mol. The Morgan fingerprint density at radius 3 is 3.11 bits per heavy atom. The number of aliphatic hydroxyl groups excluding tert-OH is 1. The van der Waals surface area contributed by atoms with Crippen LogP contribution >= 0.6 is 0 Å². The Hall–Kier alpha value is -2.08. The lowest BCUT2D eigenvalue weighted by molar-refractivity contribution is 0.0939. The molecule has 6 heteroatoms. The van der Waals surface area contributed by atoms with Crippen molar-refractivity contribution in [2.45, 2.75) is 6.92 Å². The summed E-state index contributed by atoms with van der Waals surface area (Å²) in [4.78, 5) is 11.9. The number of carbonyl (C=O) groups excluding carboxylic acids is 1. The minimum Gasteiger partial charge on any atom is -0.399 e. The number of hydrogen-bond acceptors (Lipinski definition) is 4. The molecule has 0 radical (unpaired) electrons. The van der Waals surface area contributed by atoms with E-state index in [0.29, 0.717) is 23.3 Å². The maximum Gasteiger partial charge on any atom is 0.272 e. The number of nitrogens with two attached hydrogens (primary N) is 1. The van der Waals surface area contributed by atoms with Crippen LogP contribution in [-0.4, -0.2) is 34.4 Å². The fourth-order valence-corrected chi connectivity index (χ4v) is 1.62. The van der Waals surface area contributed by atoms with E-state index in [-0.39, 0.29) is 18.4 Å². The van der Waals surface area contributed by atoms with Crippen molar-refractivity contribution in [3.63, 3.8) is 0 Å². The molecule has 0 aliphatic rings. The van der Waals surface area contributed by atoms with Crippen LogP contribution in [0.25, 0.3) is 10.9 Å². The second-order valence-electron chi connectivity index (χ2n) is 4.38. The first-order valence-electron chi connectivity index (χ1n) is 5.74. The van der Waals surface area contributed by atoms with Gasteiger partial charge in [-0.25, -0.2) is 0 Å². The predicted molar refractivity (Wildman–Crippen MR) is 69.1 cm³/mol. The zero-order valence-corrected chi connectivity index (χ0v) is 10.1. The third kappa shape index (κ3) is 2.43. The van der Waals surface area contributed by atoms with E-state index in [0.717, 1.165) is 5.52 Å². The van der Waals surface area contributed by atoms with Crippen molar-refractivity contribution in [1.82, 2.24) is 15.5 Å². The van der Waals surface area contributed by atoms with Gasteiger partial charge in [0.1, 0.15) is 0 Å². The van der Waals surface area contributed by atoms with Crippen LogP contribution < -0.4 is 11.1 Å². The molecule has 0 aliphatic heterocycles. The van der Waals surface area contributed by atoms with Crippen LogP contribution in [0.1, 0.15) is 17.4 Å². The van der Waals surface area contributed by atoms with Gasteiger partial charge in [0.05, 0.1) is 5.52 Å². The highest BCUT2D eigenvalue weighted by molar-refractivity contribution is 6.05. The van der Waals surface area contributed by atoms with E-state index in [1.807, 2.05) is 6.92 Å². The molecule has 0 saturated heterocycles. The standard InChI is InChI=1S/C12H16N4O2/c1-7(6-17)5-14-12(18)11-9-4-8(13)2-3-10(9)15-16-11/h2-4,7,17H,5-6,13H2,1H3,(H,14,18)(H,15,16). The Bertz CT molecular complexity index is 564. The van der Waals surface area contributed by atoms with Gasteiger partial charge in [0.25, 0.3) is 5.91 Å². The molecule has 1 aromatic carbocycles. The first-order valence-corrected chi connectivity index (χ1v) is 5.74. The molecule has 0 bridgehead atoms. The van der Waals surface area contributed by atoms with Gasteiger partial charge in [-0.2, -0.15) is 5.10 Å². The highest BCUT2D eigenvalue weighted by Gasteiger charge is 2.14. The highest BCUT2D eigenvalue weighted by Crippen LogP contribution is 2.18. The monoisotopic (exact) mass is 248 g/mol. The van der Waals surface area contributed by atoms with Crippen molar-refractivity contribution in [3.8, 4) is 0 Å². The molecule has 1 amide bonds. The van der Waals surface area contributed by atoms with E-state index in [2.05, 4.69) is 15.5 Å². The normalized spacial score (nSPS) is 12.6. The molecule has 1 aromatic heterocycles. The SMILES string of the molecule is CC(CO)CNC(=O)c1n[nH]c2ccc(N)cc12. The zero-order chi connectivity index (χ0) is 13.1. The summed E-state index contributed by atoms with van der Waals surface area (Å²) in [5, 5.41) is 19.1. The Morgan fingerprint density at radius 1 is 1.61 bits per heavy atom. The van der Waals surface area contributed by atoms with Crippen LogP contribution in [0.4, 0.5) is 5.69 Å². The van der Waals surface area contributed by atoms with Crippen molar-refractivity contribution >= 4 is 22.5 Å². The molecule has 1 atom stereocenters. The molecule has 96 valence electrons. The lowest BCUT2D eigenvalue weighted by Gasteiger charge is -2.08. The number of fused-ring (bicyclic) bond motifs is 1. The van der Waals surface area contributed by atoms with E-state index >= 15 is 0 Å². The number of H-pyrrole nitrogens is 1. The molecule has 1 unspecified atom stereocenters. The topological polar surface area (TPSA) is 104 Å². The summed E-state index contributed by atoms with van der Waals surface area (Å²) in [6.45, 7) is 2.29. The van der Waals surface area contributed by atoms with E-state index in [1.165, 1.54) is 0 Å². The van der Waals surface area contributed by atoms with Gasteiger partial charge in [0.15, 0.2) is 5.69 Å². The average Bonchev–Trinajstić information content (AvgIpc) is 2.78. The molecular formula is C12H16N4O2. The molecule has 2 rings (SSSR count). The Kier molecular flexibility index (Phi) is 3.47. The van der Waals surface area contributed by atoms with E-state index in [1.54, 1.807) is 18.2 Å². The number of nitrogen functional groups attached to an aromatic ring is 1. The van der Waals surface area contributed by atoms with Gasteiger partial charge in [-0.1, -0.05) is 6.92 Å². The molecule has 1 heterocycles. The van der Waals surface area contributed by atoms with Gasteiger partial charge < -0.3 is 16.2 Å². The van der Waals surface area contributed by atoms with Crippen LogP contribution in [-0.2, 0) is 0 Å². The van der Waals surface area contributed by atoms with Crippen molar-refractivity contribution in [2.75, 3.05) is 18.9 Å². The minimum atomic E-state index is -0.271. The van der Waals surface area contributed by atoms with Crippen LogP contribution in [0.5, 0.6) is 0 Å². The third-order valence-corrected chi connectivity index (χ3v) is 2.72. The minimum absolute atomic E-state index is 0.0178. The molecule has 2 aromatic rings. The number of nitrogens with one attached hydrogen (secondary N) is 2. The number of anilines is 1. The summed E-state index contributed by atoms with van der Waals surface area (Å²) in [5.41, 5.74) is 7.36. The van der Waals surface area contributed by atoms with Crippen molar-refractivity contribution < 1.29 is 9.90 Å². The molecule has 18 heavy (non-hydrogen) atoms. The van der Waals surface area contributed by atoms with E-state index < -0.39 is 0 Å². The van der Waals surface area contributed by atoms with Gasteiger partial charge in [-0.05, 0) is 24.1 Å². The fraction of sp³-hybridized carbons (Fsp3) is 0.333. The van der Waals surface area contributed by atoms with Gasteiger partial charge in [0.2, 0.25) is 0 Å². The second kappa shape index (κ2) is 5.05. The Balaban J connectivity index is 2.20. The maximum atomic E-state index is 11.9. The summed E-state index contributed by atoms with van der Waals surface area (Å²) >= 11 is 0. The van der Waals surface area contributed by atoms with E-state index in [4.69, 9.17) is 10.8 Å². The molecule has 0 saturated carbocycles. The first kappa shape index (κ1) is 12.4. The number of aliphatic hydroxyl groups is 1. The molecule has 6 nitrogen and oxygen atoms in total. The van der Waals surface area contributed by atoms with Gasteiger partial charge in [-0.15, -0.1) is 0 Å². The van der Waals surface area contributed by atoms with E-state index in [9.17, 15) is 4.79 Å². The number of nitrogens with zero attached hydrogens (tertiary/aromatic N) is 1. The number of benzene rings is 1. The molecule has 5 N–H and O–H groups in total. The quantitative estimate of drug-likeness (QED) is 0.591. The fourth-order valence-electron chi connectivity index (χ4n) is 1.62. The van der Waals surface area contributed by atoms with Crippen molar-refractivity contribution in [1.29, 1.82) is 0 Å². The molecule has 0 spiro atoms. The summed E-state index contributed by atoms with van der Waals surface area (Å²) in [5.74, 6) is -0.253. The highest BCUT2D eigenvalue weighted by atomic mass is 16.3. The first-order chi connectivity index (χ1) is 8.61. The summed E-state index contributed by atoms with van der Waals surface area (Å²) in [6, 6.07) is 5.24. The number of hydrogen-bond donors (Lipinski definition) is 4. The molecule has 0 fully saturated rings. The smallest absolute Gasteiger partial charge is 0.272 e. The maximum absolute atomic E-state index is 11.9. The number of rotatable bonds is 4. The predicted octanol–water partition coefficient (Wildman–Crippen LogP) is 0.503. The van der Waals surface area contributed by atoms with Gasteiger partial charge >= 0.3 is 0 Å². The van der Waals surface area contributed by atoms with Gasteiger partial charge in [-0.3, -0.25) is 9.89 Å². The van der Waals surface area contributed by atoms with Crippen LogP contribution in [0.15, 0.2) is 18.2 Å². The van der Waals surface area contributed by atoms with Crippen molar-refractivity contribution in [2.24, 2.45) is 5.92 Å². The number of amides is 1. The number of aromatic nitrogens is 2. The lowest BCUT2D eigenvalue weighted by atomic mass is 10.1. The van der Waals surface area contributed by atoms with Gasteiger partial charge in [0, 0.05) is 24.2 Å². The summed E-state index contributed by atoms with van der Waals surface area (Å²) < 4.78 is 0. The van der Waals surface area contributed by atoms with Crippen LogP contribution in [0.2, 0.25) is 0 Å².